The van der Waals surface area contributed by atoms with Gasteiger partial charge in [0.1, 0.15) is 8.97 Å². The minimum absolute atomic E-state index is 0.101. The average molecular weight is 434 g/mol. The second kappa shape index (κ2) is 8.00. The van der Waals surface area contributed by atoms with Gasteiger partial charge in [-0.2, -0.15) is 0 Å². The van der Waals surface area contributed by atoms with Crippen LogP contribution in [0.3, 0.4) is 0 Å². The van der Waals surface area contributed by atoms with Crippen LogP contribution < -0.4 is 0 Å². The van der Waals surface area contributed by atoms with Crippen molar-refractivity contribution in [3.05, 3.63) is 63.5 Å². The van der Waals surface area contributed by atoms with E-state index in [1.54, 1.807) is 0 Å². The van der Waals surface area contributed by atoms with Gasteiger partial charge in [-0.3, -0.25) is 20.2 Å². The summed E-state index contributed by atoms with van der Waals surface area (Å²) in [6.45, 7) is 0. The molecule has 0 bridgehead atoms. The van der Waals surface area contributed by atoms with Gasteiger partial charge in [0.25, 0.3) is 5.69 Å². The third kappa shape index (κ3) is 5.15. The largest absolute Gasteiger partial charge is 0.315 e. The lowest BCUT2D eigenvalue weighted by Gasteiger charge is -2.02. The smallest absolute Gasteiger partial charge is 0.258 e. The monoisotopic (exact) mass is 432 g/mol. The van der Waals surface area contributed by atoms with Gasteiger partial charge in [-0.25, -0.2) is 0 Å². The number of hydrogen-bond acceptors (Lipinski definition) is 5. The second-order valence-corrected chi connectivity index (χ2v) is 7.00. The van der Waals surface area contributed by atoms with E-state index in [2.05, 4.69) is 15.9 Å². The van der Waals surface area contributed by atoms with Crippen LogP contribution in [0.2, 0.25) is 0 Å². The summed E-state index contributed by atoms with van der Waals surface area (Å²) in [4.78, 5) is 20.7. The summed E-state index contributed by atoms with van der Waals surface area (Å²) in [6, 6.07) is 5.34. The van der Waals surface area contributed by atoms with Crippen LogP contribution in [0.1, 0.15) is 0 Å². The summed E-state index contributed by atoms with van der Waals surface area (Å²) in [5.41, 5.74) is -0.668. The number of benzene rings is 1. The van der Waals surface area contributed by atoms with Crippen molar-refractivity contribution < 1.29 is 9.85 Å². The summed E-state index contributed by atoms with van der Waals surface area (Å²) in [5, 5.41) is 21.2. The molecule has 0 atom stereocenters. The molecule has 0 aliphatic rings. The highest BCUT2D eigenvalue weighted by atomic mass is 79.9. The molecule has 0 aliphatic heterocycles. The number of halogens is 4. The Morgan fingerprint density at radius 1 is 1.10 bits per heavy atom. The molecular formula is C10H4BrCl3N2O4S. The quantitative estimate of drug-likeness (QED) is 0.268. The minimum Gasteiger partial charge on any atom is -0.258 e. The lowest BCUT2D eigenvalue weighted by molar-refractivity contribution is -0.419. The molecule has 0 N–H and O–H groups in total. The predicted molar refractivity (Wildman–Crippen MR) is 86.5 cm³/mol. The van der Waals surface area contributed by atoms with Crippen LogP contribution in [0, 0.1) is 20.2 Å². The number of nitro benzene ring substituents is 1. The maximum atomic E-state index is 11.0. The highest BCUT2D eigenvalue weighted by Crippen LogP contribution is 2.38. The zero-order valence-electron chi connectivity index (χ0n) is 9.76. The van der Waals surface area contributed by atoms with Gasteiger partial charge in [0, 0.05) is 17.0 Å². The van der Waals surface area contributed by atoms with Crippen molar-refractivity contribution in [2.24, 2.45) is 0 Å². The average Bonchev–Trinajstić information content (AvgIpc) is 2.38. The van der Waals surface area contributed by atoms with Crippen molar-refractivity contribution in [1.29, 1.82) is 0 Å². The van der Waals surface area contributed by atoms with Crippen molar-refractivity contribution in [3.8, 4) is 0 Å². The fourth-order valence-electron chi connectivity index (χ4n) is 1.12. The number of hydrogen-bond donors (Lipinski definition) is 0. The topological polar surface area (TPSA) is 86.3 Å². The minimum atomic E-state index is -0.771. The van der Waals surface area contributed by atoms with E-state index in [9.17, 15) is 20.2 Å². The Kier molecular flexibility index (Phi) is 6.95. The fourth-order valence-corrected chi connectivity index (χ4v) is 2.84. The summed E-state index contributed by atoms with van der Waals surface area (Å²) in [6.07, 6.45) is 0. The third-order valence-corrected chi connectivity index (χ3v) is 4.57. The van der Waals surface area contributed by atoms with Gasteiger partial charge in [-0.15, -0.1) is 0 Å². The lowest BCUT2D eigenvalue weighted by atomic mass is 10.3. The zero-order valence-corrected chi connectivity index (χ0v) is 14.4. The van der Waals surface area contributed by atoms with Crippen LogP contribution in [-0.4, -0.2) is 9.85 Å². The summed E-state index contributed by atoms with van der Waals surface area (Å²) in [5.74, 6) is 0. The van der Waals surface area contributed by atoms with Gasteiger partial charge >= 0.3 is 5.70 Å². The first kappa shape index (κ1) is 18.2. The van der Waals surface area contributed by atoms with E-state index in [0.717, 1.165) is 11.8 Å². The summed E-state index contributed by atoms with van der Waals surface area (Å²) in [7, 11) is 0. The van der Waals surface area contributed by atoms with Crippen LogP contribution in [-0.2, 0) is 0 Å². The predicted octanol–water partition coefficient (Wildman–Crippen LogP) is 5.41. The maximum absolute atomic E-state index is 11.0. The van der Waals surface area contributed by atoms with E-state index in [0.29, 0.717) is 4.90 Å². The van der Waals surface area contributed by atoms with E-state index in [-0.39, 0.29) is 19.0 Å². The Balaban J connectivity index is 3.13. The van der Waals surface area contributed by atoms with Crippen LogP contribution in [0.25, 0.3) is 0 Å². The zero-order chi connectivity index (χ0) is 16.2. The highest BCUT2D eigenvalue weighted by Gasteiger charge is 2.24. The highest BCUT2D eigenvalue weighted by molar-refractivity contribution is 9.12. The summed E-state index contributed by atoms with van der Waals surface area (Å²) >= 11 is 20.8. The fraction of sp³-hybridized carbons (Fsp3) is 0. The van der Waals surface area contributed by atoms with E-state index in [1.165, 1.54) is 24.3 Å². The standard InChI is InChI=1S/C10H4BrCl3N2O4S/c11-9(13)7(12)8(16(19)20)10(14)21-6-3-1-5(2-4-6)15(17)18/h1-4H/b9-7+,10-8-. The van der Waals surface area contributed by atoms with Crippen molar-refractivity contribution in [3.63, 3.8) is 0 Å². The molecule has 0 unspecified atom stereocenters. The molecule has 112 valence electrons. The number of thioether (sulfide) groups is 1. The van der Waals surface area contributed by atoms with Crippen LogP contribution in [0.4, 0.5) is 5.69 Å². The third-order valence-electron chi connectivity index (χ3n) is 2.00. The van der Waals surface area contributed by atoms with Crippen LogP contribution in [0.15, 0.2) is 48.2 Å². The van der Waals surface area contributed by atoms with E-state index in [4.69, 9.17) is 34.8 Å². The molecule has 1 aromatic rings. The first-order valence-corrected chi connectivity index (χ1v) is 7.66. The molecular weight excluding hydrogens is 430 g/mol. The Hall–Kier alpha value is -0.800. The molecule has 0 spiro atoms. The van der Waals surface area contributed by atoms with Gasteiger partial charge in [-0.1, -0.05) is 46.6 Å². The molecule has 0 aromatic heterocycles. The number of rotatable bonds is 5. The number of nitro groups is 2. The Bertz CT molecular complexity index is 644. The van der Waals surface area contributed by atoms with Gasteiger partial charge < -0.3 is 0 Å². The molecule has 0 aliphatic carbocycles. The molecule has 11 heteroatoms. The molecule has 0 radical (unpaired) electrons. The second-order valence-electron chi connectivity index (χ2n) is 3.31. The maximum Gasteiger partial charge on any atom is 0.315 e. The van der Waals surface area contributed by atoms with Crippen LogP contribution in [0.5, 0.6) is 0 Å². The molecule has 0 saturated carbocycles. The van der Waals surface area contributed by atoms with E-state index in [1.807, 2.05) is 0 Å². The first-order chi connectivity index (χ1) is 9.73. The Labute approximate surface area is 146 Å². The number of nitrogens with zero attached hydrogens (tertiary/aromatic N) is 2. The lowest BCUT2D eigenvalue weighted by Crippen LogP contribution is -2.00. The van der Waals surface area contributed by atoms with Crippen molar-refractivity contribution in [2.45, 2.75) is 4.90 Å². The Morgan fingerprint density at radius 2 is 1.62 bits per heavy atom. The number of allylic oxidation sites excluding steroid dienone is 1. The Morgan fingerprint density at radius 3 is 2.00 bits per heavy atom. The van der Waals surface area contributed by atoms with Crippen molar-refractivity contribution in [2.75, 3.05) is 0 Å². The van der Waals surface area contributed by atoms with Crippen molar-refractivity contribution >= 4 is 68.2 Å². The van der Waals surface area contributed by atoms with Crippen molar-refractivity contribution in [1.82, 2.24) is 0 Å². The molecule has 1 aromatic carbocycles. The van der Waals surface area contributed by atoms with Gasteiger partial charge in [0.2, 0.25) is 0 Å². The molecule has 0 heterocycles. The molecule has 0 saturated heterocycles. The van der Waals surface area contributed by atoms with E-state index < -0.39 is 15.5 Å². The normalized spacial score (nSPS) is 13.3. The summed E-state index contributed by atoms with van der Waals surface area (Å²) < 4.78 is -0.380. The first-order valence-electron chi connectivity index (χ1n) is 4.91. The SMILES string of the molecule is O=[N+]([O-])C(/C(Cl)=C(\Cl)Br)=C(/Cl)Sc1ccc([N+](=O)[O-])cc1. The van der Waals surface area contributed by atoms with Gasteiger partial charge in [0.05, 0.1) is 9.85 Å². The van der Waals surface area contributed by atoms with E-state index >= 15 is 0 Å². The molecule has 6 nitrogen and oxygen atoms in total. The van der Waals surface area contributed by atoms with Gasteiger partial charge in [-0.05, 0) is 28.1 Å². The van der Waals surface area contributed by atoms with Crippen LogP contribution >= 0.6 is 62.5 Å². The molecule has 0 amide bonds. The molecule has 1 rings (SSSR count). The molecule has 21 heavy (non-hydrogen) atoms. The molecule has 0 fully saturated rings. The number of non-ortho nitro benzene ring substituents is 1. The van der Waals surface area contributed by atoms with Gasteiger partial charge in [0.15, 0.2) is 4.36 Å².